The van der Waals surface area contributed by atoms with E-state index in [0.717, 1.165) is 11.8 Å². The van der Waals surface area contributed by atoms with Crippen molar-refractivity contribution in [2.75, 3.05) is 0 Å². The van der Waals surface area contributed by atoms with E-state index in [4.69, 9.17) is 14.2 Å². The first-order valence-corrected chi connectivity index (χ1v) is 11.2. The molecule has 34 heavy (non-hydrogen) atoms. The minimum absolute atomic E-state index is 0.297. The molecule has 2 atom stereocenters. The van der Waals surface area contributed by atoms with E-state index in [-0.39, 0.29) is 0 Å². The molecular weight excluding hydrogens is 442 g/mol. The maximum absolute atomic E-state index is 13.5. The number of nitrogens with zero attached hydrogens (tertiary/aromatic N) is 1. The summed E-state index contributed by atoms with van der Waals surface area (Å²) < 4.78 is 16.2. The fourth-order valence-corrected chi connectivity index (χ4v) is 3.87. The molecule has 1 aromatic carbocycles. The lowest BCUT2D eigenvalue weighted by Crippen LogP contribution is -2.81. The maximum atomic E-state index is 13.5. The minimum atomic E-state index is -2.48. The third kappa shape index (κ3) is 5.13. The van der Waals surface area contributed by atoms with Crippen molar-refractivity contribution in [2.45, 2.75) is 84.8 Å². The van der Waals surface area contributed by atoms with Crippen LogP contribution >= 0.6 is 0 Å². The van der Waals surface area contributed by atoms with Gasteiger partial charge in [-0.1, -0.05) is 30.3 Å². The molecule has 1 amide bonds. The Morgan fingerprint density at radius 3 is 1.76 bits per heavy atom. The number of β-lactam (4-membered cyclic amide) rings is 1. The predicted octanol–water partition coefficient (Wildman–Crippen LogP) is 2.76. The lowest BCUT2D eigenvalue weighted by molar-refractivity contribution is -0.215. The highest BCUT2D eigenvalue weighted by Gasteiger charge is 2.76. The van der Waals surface area contributed by atoms with Crippen molar-refractivity contribution in [1.82, 2.24) is 4.90 Å². The summed E-state index contributed by atoms with van der Waals surface area (Å²) in [5.74, 6) is -6.44. The Labute approximate surface area is 199 Å². The zero-order valence-corrected chi connectivity index (χ0v) is 20.9. The summed E-state index contributed by atoms with van der Waals surface area (Å²) in [6, 6.07) is 6.62. The van der Waals surface area contributed by atoms with Crippen molar-refractivity contribution in [1.29, 1.82) is 0 Å². The molecule has 2 rings (SSSR count). The molecular formula is C25H33NO8. The van der Waals surface area contributed by atoms with E-state index in [9.17, 15) is 24.0 Å². The first-order valence-electron chi connectivity index (χ1n) is 11.2. The van der Waals surface area contributed by atoms with Crippen LogP contribution in [0.15, 0.2) is 30.3 Å². The average molecular weight is 476 g/mol. The Morgan fingerprint density at radius 2 is 1.38 bits per heavy atom. The molecule has 1 aliphatic rings. The summed E-state index contributed by atoms with van der Waals surface area (Å²) >= 11 is 0. The first kappa shape index (κ1) is 27.0. The van der Waals surface area contributed by atoms with Crippen LogP contribution in [0.3, 0.4) is 0 Å². The van der Waals surface area contributed by atoms with Gasteiger partial charge in [-0.2, -0.15) is 0 Å². The molecule has 0 radical (unpaired) electrons. The molecule has 1 aliphatic heterocycles. The van der Waals surface area contributed by atoms with Crippen LogP contribution in [0, 0.1) is 5.92 Å². The molecule has 1 saturated heterocycles. The van der Waals surface area contributed by atoms with Crippen molar-refractivity contribution < 1.29 is 38.2 Å². The van der Waals surface area contributed by atoms with Gasteiger partial charge >= 0.3 is 17.9 Å². The lowest BCUT2D eigenvalue weighted by Gasteiger charge is -2.54. The molecule has 0 aromatic heterocycles. The predicted molar refractivity (Wildman–Crippen MR) is 121 cm³/mol. The highest BCUT2D eigenvalue weighted by Crippen LogP contribution is 2.47. The first-order chi connectivity index (χ1) is 15.6. The summed E-state index contributed by atoms with van der Waals surface area (Å²) in [5, 5.41) is 0. The summed E-state index contributed by atoms with van der Waals surface area (Å²) in [4.78, 5) is 67.0. The second kappa shape index (κ2) is 9.95. The summed E-state index contributed by atoms with van der Waals surface area (Å²) in [5.41, 5.74) is -3.11. The van der Waals surface area contributed by atoms with Gasteiger partial charge < -0.3 is 14.2 Å². The number of hydrogen-bond donors (Lipinski definition) is 0. The third-order valence-electron chi connectivity index (χ3n) is 5.00. The smallest absolute Gasteiger partial charge is 0.345 e. The maximum Gasteiger partial charge on any atom is 0.345 e. The number of benzene rings is 1. The topological polar surface area (TPSA) is 116 Å². The quantitative estimate of drug-likeness (QED) is 0.244. The van der Waals surface area contributed by atoms with E-state index in [0.29, 0.717) is 5.56 Å². The van der Waals surface area contributed by atoms with Gasteiger partial charge in [-0.25, -0.2) is 14.4 Å². The fraction of sp³-hybridized carbons (Fsp3) is 0.560. The molecule has 9 nitrogen and oxygen atoms in total. The second-order valence-corrected chi connectivity index (χ2v) is 9.77. The van der Waals surface area contributed by atoms with Crippen molar-refractivity contribution in [3.8, 4) is 0 Å². The van der Waals surface area contributed by atoms with Crippen LogP contribution in [-0.4, -0.2) is 57.8 Å². The van der Waals surface area contributed by atoms with Crippen LogP contribution < -0.4 is 0 Å². The molecule has 0 spiro atoms. The average Bonchev–Trinajstić information content (AvgIpc) is 2.67. The molecule has 1 heterocycles. The van der Waals surface area contributed by atoms with Crippen LogP contribution in [-0.2, 0) is 38.2 Å². The Morgan fingerprint density at radius 1 is 0.912 bits per heavy atom. The van der Waals surface area contributed by atoms with Crippen molar-refractivity contribution >= 4 is 29.6 Å². The number of ether oxygens (including phenoxy) is 3. The molecule has 1 fully saturated rings. The number of carbonyl (C=O) groups excluding carboxylic acids is 5. The van der Waals surface area contributed by atoms with Gasteiger partial charge in [-0.05, 0) is 61.0 Å². The standard InChI is InChI=1S/C25H33NO8/c1-14(2)32-22(30)25(23(31)33-15(3)4)18(16(5)27)20(28)26(25)19(17-12-10-9-11-13-17)21(29)34-24(6,7)8/h9-15,18-19H,1-8H3/t18-,19-/m1/s1. The highest BCUT2D eigenvalue weighted by atomic mass is 16.6. The zero-order valence-electron chi connectivity index (χ0n) is 20.9. The largest absolute Gasteiger partial charge is 0.461 e. The monoisotopic (exact) mass is 475 g/mol. The minimum Gasteiger partial charge on any atom is -0.461 e. The van der Waals surface area contributed by atoms with Gasteiger partial charge in [0, 0.05) is 0 Å². The normalized spacial score (nSPS) is 18.2. The summed E-state index contributed by atoms with van der Waals surface area (Å²) in [6.07, 6.45) is -1.34. The van der Waals surface area contributed by atoms with Crippen LogP contribution in [0.1, 0.15) is 67.0 Å². The van der Waals surface area contributed by atoms with Crippen molar-refractivity contribution in [3.05, 3.63) is 35.9 Å². The number of carbonyl (C=O) groups is 5. The van der Waals surface area contributed by atoms with Crippen LogP contribution in [0.5, 0.6) is 0 Å². The van der Waals surface area contributed by atoms with Gasteiger partial charge in [0.1, 0.15) is 17.3 Å². The van der Waals surface area contributed by atoms with Crippen LogP contribution in [0.4, 0.5) is 0 Å². The van der Waals surface area contributed by atoms with E-state index in [1.807, 2.05) is 0 Å². The van der Waals surface area contributed by atoms with E-state index in [2.05, 4.69) is 0 Å². The van der Waals surface area contributed by atoms with Crippen LogP contribution in [0.25, 0.3) is 0 Å². The number of amides is 1. The van der Waals surface area contributed by atoms with Gasteiger partial charge in [0.2, 0.25) is 5.91 Å². The number of ketones is 1. The Balaban J connectivity index is 2.80. The highest BCUT2D eigenvalue weighted by molar-refractivity contribution is 6.25. The molecule has 186 valence electrons. The zero-order chi connectivity index (χ0) is 26.0. The molecule has 0 unspecified atom stereocenters. The van der Waals surface area contributed by atoms with Gasteiger partial charge in [0.05, 0.1) is 12.2 Å². The van der Waals surface area contributed by atoms with Gasteiger partial charge in [0.15, 0.2) is 6.04 Å². The third-order valence-corrected chi connectivity index (χ3v) is 5.00. The Hall–Kier alpha value is -3.23. The number of likely N-dealkylation sites (tertiary alicyclic amines) is 1. The second-order valence-electron chi connectivity index (χ2n) is 9.77. The molecule has 0 bridgehead atoms. The summed E-state index contributed by atoms with van der Waals surface area (Å²) in [6.45, 7) is 12.3. The molecule has 0 aliphatic carbocycles. The molecule has 1 aromatic rings. The van der Waals surface area contributed by atoms with E-state index in [1.165, 1.54) is 0 Å². The van der Waals surface area contributed by atoms with Gasteiger partial charge in [0.25, 0.3) is 5.54 Å². The number of esters is 3. The molecule has 9 heteroatoms. The Bertz CT molecular complexity index is 939. The number of rotatable bonds is 8. The Kier molecular flexibility index (Phi) is 7.90. The number of Topliss-reactive ketones (excluding diaryl/α,β-unsaturated/α-hetero) is 1. The van der Waals surface area contributed by atoms with Gasteiger partial charge in [-0.15, -0.1) is 0 Å². The fourth-order valence-electron chi connectivity index (χ4n) is 3.87. The van der Waals surface area contributed by atoms with E-state index < -0.39 is 64.9 Å². The van der Waals surface area contributed by atoms with Crippen molar-refractivity contribution in [2.24, 2.45) is 5.92 Å². The number of hydrogen-bond acceptors (Lipinski definition) is 8. The van der Waals surface area contributed by atoms with Gasteiger partial charge in [-0.3, -0.25) is 14.5 Å². The SMILES string of the molecule is CC(=O)[C@@H]1C(=O)N([C@@H](C(=O)OC(C)(C)C)c2ccccc2)C1(C(=O)OC(C)C)C(=O)OC(C)C. The van der Waals surface area contributed by atoms with Crippen molar-refractivity contribution in [3.63, 3.8) is 0 Å². The molecule has 0 N–H and O–H groups in total. The van der Waals surface area contributed by atoms with Crippen LogP contribution in [0.2, 0.25) is 0 Å². The van der Waals surface area contributed by atoms with E-state index in [1.54, 1.807) is 78.8 Å². The van der Waals surface area contributed by atoms with E-state index >= 15 is 0 Å². The molecule has 0 saturated carbocycles. The summed E-state index contributed by atoms with van der Waals surface area (Å²) in [7, 11) is 0. The lowest BCUT2D eigenvalue weighted by atomic mass is 9.69.